The Labute approximate surface area is 142 Å². The summed E-state index contributed by atoms with van der Waals surface area (Å²) in [5, 5.41) is 2.82. The first-order chi connectivity index (χ1) is 11.4. The molecule has 0 fully saturated rings. The number of rotatable bonds is 4. The van der Waals surface area contributed by atoms with Gasteiger partial charge in [0.05, 0.1) is 11.9 Å². The van der Waals surface area contributed by atoms with Crippen LogP contribution in [-0.4, -0.2) is 20.6 Å². The number of benzene rings is 2. The molecular formula is C18H20N2O3S. The highest BCUT2D eigenvalue weighted by Crippen LogP contribution is 2.23. The van der Waals surface area contributed by atoms with Gasteiger partial charge in [-0.15, -0.1) is 0 Å². The van der Waals surface area contributed by atoms with Gasteiger partial charge in [-0.05, 0) is 67.1 Å². The summed E-state index contributed by atoms with van der Waals surface area (Å²) in [4.78, 5) is 12.4. The molecule has 0 atom stereocenters. The van der Waals surface area contributed by atoms with Crippen molar-refractivity contribution in [1.82, 2.24) is 0 Å². The van der Waals surface area contributed by atoms with Crippen LogP contribution in [0.1, 0.15) is 34.3 Å². The van der Waals surface area contributed by atoms with Crippen molar-refractivity contribution in [3.63, 3.8) is 0 Å². The average molecular weight is 344 g/mol. The van der Waals surface area contributed by atoms with Crippen molar-refractivity contribution in [1.29, 1.82) is 0 Å². The molecule has 6 heteroatoms. The molecule has 126 valence electrons. The predicted octanol–water partition coefficient (Wildman–Crippen LogP) is 3.19. The predicted molar refractivity (Wildman–Crippen MR) is 95.9 cm³/mol. The number of hydrogen-bond donors (Lipinski definition) is 2. The molecule has 2 aromatic carbocycles. The lowest BCUT2D eigenvalue weighted by Gasteiger charge is -2.16. The zero-order chi connectivity index (χ0) is 17.2. The van der Waals surface area contributed by atoms with E-state index >= 15 is 0 Å². The van der Waals surface area contributed by atoms with Crippen molar-refractivity contribution >= 4 is 27.3 Å². The quantitative estimate of drug-likeness (QED) is 0.894. The molecule has 5 nitrogen and oxygen atoms in total. The number of hydrogen-bond acceptors (Lipinski definition) is 3. The minimum Gasteiger partial charge on any atom is -0.322 e. The van der Waals surface area contributed by atoms with Crippen molar-refractivity contribution in [2.24, 2.45) is 0 Å². The lowest BCUT2D eigenvalue weighted by Crippen LogP contribution is -2.14. The molecule has 24 heavy (non-hydrogen) atoms. The largest absolute Gasteiger partial charge is 0.322 e. The number of nitrogens with one attached hydrogen (secondary N) is 2. The zero-order valence-electron chi connectivity index (χ0n) is 13.5. The van der Waals surface area contributed by atoms with Crippen LogP contribution in [0.5, 0.6) is 0 Å². The Morgan fingerprint density at radius 3 is 2.42 bits per heavy atom. The maximum atomic E-state index is 12.4. The van der Waals surface area contributed by atoms with E-state index in [1.807, 2.05) is 18.2 Å². The Kier molecular flexibility index (Phi) is 4.57. The number of aryl methyl sites for hydroxylation is 2. The average Bonchev–Trinajstić information content (AvgIpc) is 2.53. The topological polar surface area (TPSA) is 75.3 Å². The summed E-state index contributed by atoms with van der Waals surface area (Å²) < 4.78 is 25.0. The molecule has 0 unspecified atom stereocenters. The molecule has 1 amide bonds. The van der Waals surface area contributed by atoms with Crippen LogP contribution in [-0.2, 0) is 22.9 Å². The standard InChI is InChI=1S/C18H20N2O3S/c1-24(22,23)20-17-8-4-7-16(12-17)19-18(21)15-10-9-13-5-2-3-6-14(13)11-15/h4,7-12,20H,2-3,5-6H2,1H3,(H,19,21). The monoisotopic (exact) mass is 344 g/mol. The minimum absolute atomic E-state index is 0.195. The van der Waals surface area contributed by atoms with Gasteiger partial charge >= 0.3 is 0 Å². The van der Waals surface area contributed by atoms with Crippen LogP contribution in [0.2, 0.25) is 0 Å². The van der Waals surface area contributed by atoms with E-state index in [0.717, 1.165) is 25.5 Å². The van der Waals surface area contributed by atoms with Gasteiger partial charge in [-0.25, -0.2) is 8.42 Å². The highest BCUT2D eigenvalue weighted by molar-refractivity contribution is 7.92. The molecule has 0 aliphatic heterocycles. The summed E-state index contributed by atoms with van der Waals surface area (Å²) in [6, 6.07) is 12.5. The second kappa shape index (κ2) is 6.65. The first-order valence-electron chi connectivity index (χ1n) is 7.92. The molecule has 0 saturated heterocycles. The van der Waals surface area contributed by atoms with Crippen molar-refractivity contribution in [2.75, 3.05) is 16.3 Å². The van der Waals surface area contributed by atoms with Gasteiger partial charge in [-0.3, -0.25) is 9.52 Å². The van der Waals surface area contributed by atoms with Gasteiger partial charge < -0.3 is 5.32 Å². The molecule has 1 aliphatic carbocycles. The van der Waals surface area contributed by atoms with Gasteiger partial charge in [0, 0.05) is 11.3 Å². The number of amides is 1. The fourth-order valence-electron chi connectivity index (χ4n) is 2.95. The molecule has 3 rings (SSSR count). The fraction of sp³-hybridized carbons (Fsp3) is 0.278. The molecule has 2 aromatic rings. The van der Waals surface area contributed by atoms with Gasteiger partial charge in [0.2, 0.25) is 10.0 Å². The molecule has 1 aliphatic rings. The third-order valence-corrected chi connectivity index (χ3v) is 4.64. The minimum atomic E-state index is -3.35. The number of carbonyl (C=O) groups is 1. The third-order valence-electron chi connectivity index (χ3n) is 4.03. The van der Waals surface area contributed by atoms with Crippen LogP contribution in [0.3, 0.4) is 0 Å². The van der Waals surface area contributed by atoms with Crippen LogP contribution in [0.15, 0.2) is 42.5 Å². The van der Waals surface area contributed by atoms with E-state index in [-0.39, 0.29) is 5.91 Å². The van der Waals surface area contributed by atoms with Crippen molar-refractivity contribution in [3.8, 4) is 0 Å². The first kappa shape index (κ1) is 16.5. The van der Waals surface area contributed by atoms with Crippen LogP contribution >= 0.6 is 0 Å². The number of carbonyl (C=O) groups excluding carboxylic acids is 1. The van der Waals surface area contributed by atoms with Gasteiger partial charge in [0.25, 0.3) is 5.91 Å². The van der Waals surface area contributed by atoms with Crippen molar-refractivity contribution in [3.05, 3.63) is 59.2 Å². The van der Waals surface area contributed by atoms with E-state index in [1.165, 1.54) is 17.5 Å². The summed E-state index contributed by atoms with van der Waals surface area (Å²) in [6.07, 6.45) is 5.56. The SMILES string of the molecule is CS(=O)(=O)Nc1cccc(NC(=O)c2ccc3c(c2)CCCC3)c1. The second-order valence-electron chi connectivity index (χ2n) is 6.10. The van der Waals surface area contributed by atoms with Gasteiger partial charge in [0.1, 0.15) is 0 Å². The highest BCUT2D eigenvalue weighted by Gasteiger charge is 2.13. The van der Waals surface area contributed by atoms with Gasteiger partial charge in [0.15, 0.2) is 0 Å². The molecule has 0 heterocycles. The summed E-state index contributed by atoms with van der Waals surface area (Å²) in [7, 11) is -3.35. The highest BCUT2D eigenvalue weighted by atomic mass is 32.2. The number of sulfonamides is 1. The van der Waals surface area contributed by atoms with E-state index in [1.54, 1.807) is 24.3 Å². The summed E-state index contributed by atoms with van der Waals surface area (Å²) in [5.41, 5.74) is 4.17. The smallest absolute Gasteiger partial charge is 0.255 e. The lowest BCUT2D eigenvalue weighted by atomic mass is 9.90. The Balaban J connectivity index is 1.76. The maximum absolute atomic E-state index is 12.4. The van der Waals surface area contributed by atoms with E-state index in [2.05, 4.69) is 10.0 Å². The first-order valence-corrected chi connectivity index (χ1v) is 9.81. The molecule has 0 bridgehead atoms. The number of fused-ring (bicyclic) bond motifs is 1. The molecule has 0 radical (unpaired) electrons. The summed E-state index contributed by atoms with van der Waals surface area (Å²) in [5.74, 6) is -0.195. The molecule has 0 aromatic heterocycles. The second-order valence-corrected chi connectivity index (χ2v) is 7.85. The number of anilines is 2. The summed E-state index contributed by atoms with van der Waals surface area (Å²) >= 11 is 0. The molecule has 0 spiro atoms. The Bertz CT molecular complexity index is 876. The molecular weight excluding hydrogens is 324 g/mol. The Hall–Kier alpha value is -2.34. The van der Waals surface area contributed by atoms with E-state index in [4.69, 9.17) is 0 Å². The van der Waals surface area contributed by atoms with Crippen LogP contribution < -0.4 is 10.0 Å². The molecule has 2 N–H and O–H groups in total. The van der Waals surface area contributed by atoms with Gasteiger partial charge in [-0.1, -0.05) is 12.1 Å². The van der Waals surface area contributed by atoms with Crippen molar-refractivity contribution in [2.45, 2.75) is 25.7 Å². The van der Waals surface area contributed by atoms with Crippen LogP contribution in [0.4, 0.5) is 11.4 Å². The van der Waals surface area contributed by atoms with Gasteiger partial charge in [-0.2, -0.15) is 0 Å². The lowest BCUT2D eigenvalue weighted by molar-refractivity contribution is 0.102. The van der Waals surface area contributed by atoms with Crippen molar-refractivity contribution < 1.29 is 13.2 Å². The normalized spacial score (nSPS) is 13.9. The van der Waals surface area contributed by atoms with E-state index in [9.17, 15) is 13.2 Å². The molecule has 0 saturated carbocycles. The zero-order valence-corrected chi connectivity index (χ0v) is 14.3. The van der Waals surface area contributed by atoms with E-state index < -0.39 is 10.0 Å². The Morgan fingerprint density at radius 2 is 1.67 bits per heavy atom. The maximum Gasteiger partial charge on any atom is 0.255 e. The third kappa shape index (κ3) is 4.14. The fourth-order valence-corrected chi connectivity index (χ4v) is 3.51. The van der Waals surface area contributed by atoms with E-state index in [0.29, 0.717) is 16.9 Å². The summed E-state index contributed by atoms with van der Waals surface area (Å²) in [6.45, 7) is 0. The Morgan fingerprint density at radius 1 is 0.958 bits per heavy atom. The van der Waals surface area contributed by atoms with Crippen LogP contribution in [0.25, 0.3) is 0 Å². The van der Waals surface area contributed by atoms with Crippen LogP contribution in [0, 0.1) is 0 Å².